The molecule has 0 aliphatic rings. The van der Waals surface area contributed by atoms with Crippen LogP contribution >= 0.6 is 15.9 Å². The van der Waals surface area contributed by atoms with E-state index in [-0.39, 0.29) is 0 Å². The summed E-state index contributed by atoms with van der Waals surface area (Å²) >= 11 is 3.43. The number of methoxy groups -OCH3 is 2. The van der Waals surface area contributed by atoms with Crippen molar-refractivity contribution >= 4 is 27.5 Å². The first-order chi connectivity index (χ1) is 11.7. The highest BCUT2D eigenvalue weighted by Crippen LogP contribution is 2.29. The maximum atomic E-state index is 12.1. The third-order valence-electron chi connectivity index (χ3n) is 3.24. The summed E-state index contributed by atoms with van der Waals surface area (Å²) in [5, 5.41) is 0. The summed E-state index contributed by atoms with van der Waals surface area (Å²) in [6.45, 7) is 0.366. The SMILES string of the molecule is COC(=O)/C(=C/NOCc1ccccc1)c1cc(OC)ccc1Br. The summed E-state index contributed by atoms with van der Waals surface area (Å²) < 4.78 is 10.8. The number of carbonyl (C=O) groups excluding carboxylic acids is 1. The van der Waals surface area contributed by atoms with Crippen molar-refractivity contribution in [2.75, 3.05) is 14.2 Å². The molecule has 0 fully saturated rings. The molecule has 0 bridgehead atoms. The molecule has 0 aliphatic carbocycles. The minimum atomic E-state index is -0.486. The Balaban J connectivity index is 2.15. The normalized spacial score (nSPS) is 11.0. The first kappa shape index (κ1) is 18.0. The van der Waals surface area contributed by atoms with Crippen LogP contribution in [-0.4, -0.2) is 20.2 Å². The van der Waals surface area contributed by atoms with Crippen molar-refractivity contribution in [1.82, 2.24) is 5.48 Å². The Morgan fingerprint density at radius 2 is 1.92 bits per heavy atom. The number of benzene rings is 2. The molecule has 2 aromatic carbocycles. The van der Waals surface area contributed by atoms with E-state index in [1.807, 2.05) is 30.3 Å². The molecule has 0 aromatic heterocycles. The fourth-order valence-electron chi connectivity index (χ4n) is 1.99. The molecule has 126 valence electrons. The van der Waals surface area contributed by atoms with Crippen molar-refractivity contribution in [2.45, 2.75) is 6.61 Å². The molecule has 0 saturated carbocycles. The van der Waals surface area contributed by atoms with Crippen LogP contribution in [0.15, 0.2) is 59.2 Å². The van der Waals surface area contributed by atoms with E-state index >= 15 is 0 Å². The van der Waals surface area contributed by atoms with Gasteiger partial charge in [0.15, 0.2) is 0 Å². The van der Waals surface area contributed by atoms with Crippen molar-refractivity contribution in [3.63, 3.8) is 0 Å². The fourth-order valence-corrected chi connectivity index (χ4v) is 2.45. The molecular formula is C18H18BrNO4. The van der Waals surface area contributed by atoms with E-state index in [1.165, 1.54) is 13.3 Å². The molecule has 0 radical (unpaired) electrons. The van der Waals surface area contributed by atoms with Gasteiger partial charge in [-0.2, -0.15) is 0 Å². The predicted molar refractivity (Wildman–Crippen MR) is 95.1 cm³/mol. The topological polar surface area (TPSA) is 56.8 Å². The summed E-state index contributed by atoms with van der Waals surface area (Å²) in [4.78, 5) is 17.5. The third-order valence-corrected chi connectivity index (χ3v) is 3.93. The molecule has 0 spiro atoms. The van der Waals surface area contributed by atoms with Crippen LogP contribution in [0.1, 0.15) is 11.1 Å². The van der Waals surface area contributed by atoms with Gasteiger partial charge in [0.05, 0.1) is 26.4 Å². The van der Waals surface area contributed by atoms with Gasteiger partial charge in [0.2, 0.25) is 0 Å². The minimum absolute atomic E-state index is 0.316. The van der Waals surface area contributed by atoms with Gasteiger partial charge in [-0.05, 0) is 23.8 Å². The van der Waals surface area contributed by atoms with Crippen molar-refractivity contribution < 1.29 is 19.1 Å². The van der Waals surface area contributed by atoms with Crippen LogP contribution in [0.3, 0.4) is 0 Å². The molecule has 0 aliphatic heterocycles. The molecule has 24 heavy (non-hydrogen) atoms. The second-order valence-corrected chi connectivity index (χ2v) is 5.64. The quantitative estimate of drug-likeness (QED) is 0.337. The van der Waals surface area contributed by atoms with E-state index in [4.69, 9.17) is 14.3 Å². The third kappa shape index (κ3) is 4.84. The van der Waals surface area contributed by atoms with E-state index in [2.05, 4.69) is 21.4 Å². The molecule has 1 N–H and O–H groups in total. The summed E-state index contributed by atoms with van der Waals surface area (Å²) in [5.41, 5.74) is 4.65. The molecule has 0 unspecified atom stereocenters. The Hall–Kier alpha value is -2.31. The number of esters is 1. The average molecular weight is 392 g/mol. The highest BCUT2D eigenvalue weighted by Gasteiger charge is 2.16. The lowest BCUT2D eigenvalue weighted by molar-refractivity contribution is -0.133. The van der Waals surface area contributed by atoms with Gasteiger partial charge in [0.1, 0.15) is 5.75 Å². The van der Waals surface area contributed by atoms with Gasteiger partial charge in [0.25, 0.3) is 0 Å². The summed E-state index contributed by atoms with van der Waals surface area (Å²) in [6.07, 6.45) is 1.47. The Labute approximate surface area is 149 Å². The van der Waals surface area contributed by atoms with Gasteiger partial charge in [-0.1, -0.05) is 46.3 Å². The lowest BCUT2D eigenvalue weighted by Gasteiger charge is -2.11. The highest BCUT2D eigenvalue weighted by atomic mass is 79.9. The predicted octanol–water partition coefficient (Wildman–Crippen LogP) is 3.69. The van der Waals surface area contributed by atoms with Gasteiger partial charge < -0.3 is 9.47 Å². The number of halogens is 1. The zero-order valence-corrected chi connectivity index (χ0v) is 15.0. The molecule has 2 aromatic rings. The van der Waals surface area contributed by atoms with E-state index in [9.17, 15) is 4.79 Å². The van der Waals surface area contributed by atoms with Crippen LogP contribution < -0.4 is 10.2 Å². The Morgan fingerprint density at radius 1 is 1.17 bits per heavy atom. The van der Waals surface area contributed by atoms with E-state index in [0.29, 0.717) is 23.5 Å². The summed E-state index contributed by atoms with van der Waals surface area (Å²) in [7, 11) is 2.89. The second kappa shape index (κ2) is 9.10. The molecule has 0 heterocycles. The van der Waals surface area contributed by atoms with Crippen LogP contribution in [0.25, 0.3) is 5.57 Å². The minimum Gasteiger partial charge on any atom is -0.497 e. The van der Waals surface area contributed by atoms with Gasteiger partial charge in [-0.3, -0.25) is 10.3 Å². The van der Waals surface area contributed by atoms with Crippen molar-refractivity contribution in [1.29, 1.82) is 0 Å². The van der Waals surface area contributed by atoms with Crippen molar-refractivity contribution in [3.8, 4) is 5.75 Å². The van der Waals surface area contributed by atoms with E-state index in [1.54, 1.807) is 25.3 Å². The monoisotopic (exact) mass is 391 g/mol. The molecule has 6 heteroatoms. The van der Waals surface area contributed by atoms with Crippen molar-refractivity contribution in [3.05, 3.63) is 70.3 Å². The zero-order valence-electron chi connectivity index (χ0n) is 13.4. The number of hydrogen-bond acceptors (Lipinski definition) is 5. The zero-order chi connectivity index (χ0) is 17.4. The largest absolute Gasteiger partial charge is 0.497 e. The van der Waals surface area contributed by atoms with Crippen LogP contribution in [0, 0.1) is 0 Å². The smallest absolute Gasteiger partial charge is 0.340 e. The molecular weight excluding hydrogens is 374 g/mol. The van der Waals surface area contributed by atoms with Gasteiger partial charge in [-0.15, -0.1) is 0 Å². The Kier molecular flexibility index (Phi) is 6.84. The maximum absolute atomic E-state index is 12.1. The Morgan fingerprint density at radius 3 is 2.58 bits per heavy atom. The summed E-state index contributed by atoms with van der Waals surface area (Å²) in [5.74, 6) is 0.146. The second-order valence-electron chi connectivity index (χ2n) is 4.79. The standard InChI is InChI=1S/C18H18BrNO4/c1-22-14-8-9-17(19)15(10-14)16(18(21)23-2)11-20-24-12-13-6-4-3-5-7-13/h3-11,20H,12H2,1-2H3/b16-11+. The van der Waals surface area contributed by atoms with Crippen molar-refractivity contribution in [2.24, 2.45) is 0 Å². The lowest BCUT2D eigenvalue weighted by atomic mass is 10.1. The van der Waals surface area contributed by atoms with Gasteiger partial charge >= 0.3 is 5.97 Å². The van der Waals surface area contributed by atoms with Gasteiger partial charge in [0, 0.05) is 16.2 Å². The first-order valence-electron chi connectivity index (χ1n) is 7.19. The molecule has 0 amide bonds. The summed E-state index contributed by atoms with van der Waals surface area (Å²) in [6, 6.07) is 15.0. The molecule has 0 saturated heterocycles. The number of rotatable bonds is 7. The number of hydrogen-bond donors (Lipinski definition) is 1. The van der Waals surface area contributed by atoms with Crippen LogP contribution in [0.5, 0.6) is 5.75 Å². The molecule has 2 rings (SSSR count). The lowest BCUT2D eigenvalue weighted by Crippen LogP contribution is -2.12. The molecule has 0 atom stereocenters. The first-order valence-corrected chi connectivity index (χ1v) is 7.98. The maximum Gasteiger partial charge on any atom is 0.340 e. The Bertz CT molecular complexity index is 716. The molecule has 5 nitrogen and oxygen atoms in total. The average Bonchev–Trinajstić information content (AvgIpc) is 2.63. The van der Waals surface area contributed by atoms with Gasteiger partial charge in [-0.25, -0.2) is 4.79 Å². The number of nitrogens with one attached hydrogen (secondary N) is 1. The highest BCUT2D eigenvalue weighted by molar-refractivity contribution is 9.10. The van der Waals surface area contributed by atoms with Crippen LogP contribution in [-0.2, 0) is 21.0 Å². The number of carbonyl (C=O) groups is 1. The number of hydroxylamine groups is 1. The number of ether oxygens (including phenoxy) is 2. The van der Waals surface area contributed by atoms with Crippen LogP contribution in [0.4, 0.5) is 0 Å². The van der Waals surface area contributed by atoms with E-state index < -0.39 is 5.97 Å². The fraction of sp³-hybridized carbons (Fsp3) is 0.167. The van der Waals surface area contributed by atoms with Crippen LogP contribution in [0.2, 0.25) is 0 Å². The van der Waals surface area contributed by atoms with E-state index in [0.717, 1.165) is 10.0 Å².